The van der Waals surface area contributed by atoms with Crippen LogP contribution in [0.1, 0.15) is 32.1 Å². The van der Waals surface area contributed by atoms with Gasteiger partial charge in [-0.05, 0) is 31.8 Å². The fourth-order valence-electron chi connectivity index (χ4n) is 1.49. The highest BCUT2D eigenvalue weighted by Crippen LogP contribution is 2.22. The molecule has 0 amide bonds. The first-order valence-corrected chi connectivity index (χ1v) is 5.35. The van der Waals surface area contributed by atoms with Crippen LogP contribution < -0.4 is 0 Å². The molecule has 1 saturated carbocycles. The molecule has 0 aromatic heterocycles. The summed E-state index contributed by atoms with van der Waals surface area (Å²) in [6.45, 7) is 0.582. The van der Waals surface area contributed by atoms with Crippen LogP contribution in [0.5, 0.6) is 0 Å². The maximum absolute atomic E-state index is 5.38. The van der Waals surface area contributed by atoms with Crippen molar-refractivity contribution in [3.63, 3.8) is 0 Å². The molecule has 0 aromatic rings. The summed E-state index contributed by atoms with van der Waals surface area (Å²) in [4.78, 5) is 0. The molecule has 3 heteroatoms. The van der Waals surface area contributed by atoms with Crippen molar-refractivity contribution in [3.8, 4) is 0 Å². The Morgan fingerprint density at radius 1 is 1.23 bits per heavy atom. The molecule has 0 saturated heterocycles. The topological polar surface area (TPSA) is 9.23 Å². The molecular weight excluding hydrogens is 207 g/mol. The Hall–Kier alpha value is -0.140. The summed E-state index contributed by atoms with van der Waals surface area (Å²) in [6, 6.07) is 0. The van der Waals surface area contributed by atoms with Gasteiger partial charge in [0, 0.05) is 0 Å². The molecule has 0 aliphatic heterocycles. The van der Waals surface area contributed by atoms with E-state index < -0.39 is 0 Å². The second kappa shape index (κ2) is 6.33. The molecule has 0 bridgehead atoms. The van der Waals surface area contributed by atoms with E-state index in [1.165, 1.54) is 43.9 Å². The zero-order chi connectivity index (χ0) is 9.52. The molecule has 0 heterocycles. The monoisotopic (exact) mass is 220 g/mol. The van der Waals surface area contributed by atoms with Gasteiger partial charge in [0.05, 0.1) is 0 Å². The second-order valence-electron chi connectivity index (χ2n) is 3.16. The van der Waals surface area contributed by atoms with E-state index in [9.17, 15) is 0 Å². The summed E-state index contributed by atoms with van der Waals surface area (Å²) in [6.07, 6.45) is 9.94. The molecule has 1 aliphatic carbocycles. The molecule has 0 aromatic carbocycles. The lowest BCUT2D eigenvalue weighted by atomic mass is 9.95. The van der Waals surface area contributed by atoms with Crippen molar-refractivity contribution in [2.24, 2.45) is 0 Å². The van der Waals surface area contributed by atoms with Crippen molar-refractivity contribution in [1.29, 1.82) is 0 Å². The van der Waals surface area contributed by atoms with Crippen LogP contribution in [0.4, 0.5) is 0 Å². The standard InChI is InChI=1S/C10H14Cl2O/c11-10(12)8-13-7-6-9-4-2-1-3-5-9/h6,8H,1-5,7H2. The van der Waals surface area contributed by atoms with E-state index in [1.54, 1.807) is 0 Å². The molecule has 0 spiro atoms. The van der Waals surface area contributed by atoms with Gasteiger partial charge in [-0.25, -0.2) is 0 Å². The van der Waals surface area contributed by atoms with Crippen LogP contribution in [0.2, 0.25) is 0 Å². The van der Waals surface area contributed by atoms with Crippen LogP contribution in [0.3, 0.4) is 0 Å². The number of hydrogen-bond donors (Lipinski definition) is 0. The molecule has 1 fully saturated rings. The molecule has 0 N–H and O–H groups in total. The molecular formula is C10H14Cl2O. The highest BCUT2D eigenvalue weighted by molar-refractivity contribution is 6.55. The fourth-order valence-corrected chi connectivity index (χ4v) is 1.61. The van der Waals surface area contributed by atoms with Gasteiger partial charge in [0.1, 0.15) is 17.4 Å². The van der Waals surface area contributed by atoms with Crippen LogP contribution in [0.15, 0.2) is 22.4 Å². The van der Waals surface area contributed by atoms with Crippen LogP contribution in [-0.2, 0) is 4.74 Å². The Kier molecular flexibility index (Phi) is 5.33. The van der Waals surface area contributed by atoms with Crippen molar-refractivity contribution in [2.45, 2.75) is 32.1 Å². The van der Waals surface area contributed by atoms with Gasteiger partial charge in [-0.3, -0.25) is 0 Å². The number of hydrogen-bond acceptors (Lipinski definition) is 1. The van der Waals surface area contributed by atoms with E-state index in [4.69, 9.17) is 27.9 Å². The van der Waals surface area contributed by atoms with E-state index in [2.05, 4.69) is 6.08 Å². The Morgan fingerprint density at radius 3 is 2.54 bits per heavy atom. The molecule has 1 aliphatic rings. The zero-order valence-corrected chi connectivity index (χ0v) is 9.07. The van der Waals surface area contributed by atoms with Gasteiger partial charge in [0.15, 0.2) is 0 Å². The lowest BCUT2D eigenvalue weighted by molar-refractivity contribution is 0.288. The maximum atomic E-state index is 5.38. The molecule has 0 atom stereocenters. The van der Waals surface area contributed by atoms with Gasteiger partial charge in [0.2, 0.25) is 0 Å². The smallest absolute Gasteiger partial charge is 0.141 e. The summed E-state index contributed by atoms with van der Waals surface area (Å²) < 4.78 is 5.26. The number of rotatable bonds is 3. The first-order valence-electron chi connectivity index (χ1n) is 4.60. The van der Waals surface area contributed by atoms with Crippen molar-refractivity contribution in [3.05, 3.63) is 22.4 Å². The molecule has 74 valence electrons. The largest absolute Gasteiger partial charge is 0.495 e. The van der Waals surface area contributed by atoms with Crippen LogP contribution in [-0.4, -0.2) is 6.61 Å². The van der Waals surface area contributed by atoms with Gasteiger partial charge in [-0.15, -0.1) is 0 Å². The number of allylic oxidation sites excluding steroid dienone is 1. The van der Waals surface area contributed by atoms with Crippen LogP contribution in [0, 0.1) is 0 Å². The zero-order valence-electron chi connectivity index (χ0n) is 7.56. The second-order valence-corrected chi connectivity index (χ2v) is 4.17. The third-order valence-electron chi connectivity index (χ3n) is 2.14. The summed E-state index contributed by atoms with van der Waals surface area (Å²) >= 11 is 10.8. The van der Waals surface area contributed by atoms with Crippen LogP contribution in [0.25, 0.3) is 0 Å². The van der Waals surface area contributed by atoms with Crippen molar-refractivity contribution in [2.75, 3.05) is 6.61 Å². The van der Waals surface area contributed by atoms with Crippen molar-refractivity contribution in [1.82, 2.24) is 0 Å². The number of ether oxygens (including phenoxy) is 1. The normalized spacial score (nSPS) is 16.6. The minimum absolute atomic E-state index is 0.169. The summed E-state index contributed by atoms with van der Waals surface area (Å²) in [5.74, 6) is 0. The lowest BCUT2D eigenvalue weighted by Gasteiger charge is -2.12. The molecule has 1 nitrogen and oxygen atoms in total. The molecule has 0 radical (unpaired) electrons. The SMILES string of the molecule is ClC(Cl)=COCC=C1CCCCC1. The minimum atomic E-state index is 0.169. The van der Waals surface area contributed by atoms with Gasteiger partial charge in [0.25, 0.3) is 0 Å². The average Bonchev–Trinajstić information content (AvgIpc) is 2.14. The summed E-state index contributed by atoms with van der Waals surface area (Å²) in [5, 5.41) is 0. The van der Waals surface area contributed by atoms with E-state index in [1.807, 2.05) is 0 Å². The average molecular weight is 221 g/mol. The van der Waals surface area contributed by atoms with E-state index in [0.717, 1.165) is 0 Å². The van der Waals surface area contributed by atoms with Crippen molar-refractivity contribution < 1.29 is 4.74 Å². The third kappa shape index (κ3) is 5.22. The van der Waals surface area contributed by atoms with E-state index in [0.29, 0.717) is 6.61 Å². The van der Waals surface area contributed by atoms with E-state index in [-0.39, 0.29) is 4.49 Å². The highest BCUT2D eigenvalue weighted by atomic mass is 35.5. The Bertz CT molecular complexity index is 197. The van der Waals surface area contributed by atoms with E-state index >= 15 is 0 Å². The predicted molar refractivity (Wildman–Crippen MR) is 56.9 cm³/mol. The Balaban J connectivity index is 2.18. The first-order chi connectivity index (χ1) is 6.29. The fraction of sp³-hybridized carbons (Fsp3) is 0.600. The quantitative estimate of drug-likeness (QED) is 0.394. The predicted octanol–water partition coefficient (Wildman–Crippen LogP) is 4.17. The maximum Gasteiger partial charge on any atom is 0.141 e. The third-order valence-corrected chi connectivity index (χ3v) is 2.31. The Morgan fingerprint density at radius 2 is 1.92 bits per heavy atom. The summed E-state index contributed by atoms with van der Waals surface area (Å²) in [5.41, 5.74) is 1.50. The lowest BCUT2D eigenvalue weighted by Crippen LogP contribution is -1.95. The van der Waals surface area contributed by atoms with Crippen LogP contribution >= 0.6 is 23.2 Å². The number of halogens is 2. The van der Waals surface area contributed by atoms with Gasteiger partial charge < -0.3 is 4.74 Å². The van der Waals surface area contributed by atoms with Gasteiger partial charge >= 0.3 is 0 Å². The molecule has 13 heavy (non-hydrogen) atoms. The highest BCUT2D eigenvalue weighted by Gasteiger charge is 2.03. The minimum Gasteiger partial charge on any atom is -0.495 e. The first kappa shape index (κ1) is 10.9. The van der Waals surface area contributed by atoms with Gasteiger partial charge in [-0.2, -0.15) is 0 Å². The summed E-state index contributed by atoms with van der Waals surface area (Å²) in [7, 11) is 0. The molecule has 1 rings (SSSR count). The molecule has 0 unspecified atom stereocenters. The Labute approximate surface area is 89.4 Å². The van der Waals surface area contributed by atoms with Crippen molar-refractivity contribution >= 4 is 23.2 Å². The van der Waals surface area contributed by atoms with Gasteiger partial charge in [-0.1, -0.05) is 35.2 Å².